The van der Waals surface area contributed by atoms with Crippen molar-refractivity contribution in [3.8, 4) is 0 Å². The van der Waals surface area contributed by atoms with Crippen molar-refractivity contribution in [1.82, 2.24) is 0 Å². The van der Waals surface area contributed by atoms with E-state index in [-0.39, 0.29) is 0 Å². The fourth-order valence-electron chi connectivity index (χ4n) is 1.76. The molecule has 0 spiro atoms. The van der Waals surface area contributed by atoms with Gasteiger partial charge < -0.3 is 15.2 Å². The Balaban J connectivity index is 2.69. The molecule has 0 saturated carbocycles. The molecule has 0 aliphatic rings. The van der Waals surface area contributed by atoms with Crippen LogP contribution < -0.4 is 5.73 Å². The quantitative estimate of drug-likeness (QED) is 0.582. The maximum Gasteiger partial charge on any atom is 0.330 e. The number of hydrogen-bond donors (Lipinski definition) is 1. The second kappa shape index (κ2) is 8.19. The van der Waals surface area contributed by atoms with Crippen molar-refractivity contribution < 1.29 is 14.3 Å². The molecule has 0 aliphatic heterocycles. The average molecular weight is 283 g/mol. The molecule has 5 heteroatoms. The molecule has 1 rings (SSSR count). The third kappa shape index (κ3) is 4.53. The van der Waals surface area contributed by atoms with Crippen LogP contribution in [0.25, 0.3) is 0 Å². The molecule has 1 unspecified atom stereocenters. The topological polar surface area (TPSA) is 61.5 Å². The Morgan fingerprint density at radius 1 is 1.26 bits per heavy atom. The summed E-state index contributed by atoms with van der Waals surface area (Å²) in [6.45, 7) is 0.700. The largest absolute Gasteiger partial charge is 0.467 e. The fourth-order valence-corrected chi connectivity index (χ4v) is 2.71. The Kier molecular flexibility index (Phi) is 6.91. The van der Waals surface area contributed by atoms with Crippen LogP contribution in [0.1, 0.15) is 12.0 Å². The summed E-state index contributed by atoms with van der Waals surface area (Å²) >= 11 is 1.71. The van der Waals surface area contributed by atoms with E-state index in [0.29, 0.717) is 13.0 Å². The first-order chi connectivity index (χ1) is 9.15. The summed E-state index contributed by atoms with van der Waals surface area (Å²) in [4.78, 5) is 12.0. The van der Waals surface area contributed by atoms with E-state index < -0.39 is 11.5 Å². The molecule has 0 saturated heterocycles. The van der Waals surface area contributed by atoms with Crippen molar-refractivity contribution in [2.24, 2.45) is 5.73 Å². The Morgan fingerprint density at radius 3 is 2.53 bits per heavy atom. The third-order valence-electron chi connectivity index (χ3n) is 2.91. The minimum absolute atomic E-state index is 0.397. The van der Waals surface area contributed by atoms with Gasteiger partial charge in [-0.3, -0.25) is 0 Å². The van der Waals surface area contributed by atoms with E-state index in [1.807, 2.05) is 30.3 Å². The molecule has 106 valence electrons. The highest BCUT2D eigenvalue weighted by molar-refractivity contribution is 7.99. The normalized spacial score (nSPS) is 13.8. The van der Waals surface area contributed by atoms with E-state index in [0.717, 1.165) is 17.1 Å². The number of nitrogens with two attached hydrogens (primary N) is 1. The van der Waals surface area contributed by atoms with Crippen molar-refractivity contribution in [3.63, 3.8) is 0 Å². The first-order valence-corrected chi connectivity index (χ1v) is 7.30. The van der Waals surface area contributed by atoms with Crippen LogP contribution in [-0.4, -0.2) is 38.3 Å². The summed E-state index contributed by atoms with van der Waals surface area (Å²) in [5.41, 5.74) is 5.98. The second-order valence-electron chi connectivity index (χ2n) is 4.18. The minimum atomic E-state index is -1.07. The monoisotopic (exact) mass is 283 g/mol. The predicted octanol–water partition coefficient (Wildman–Crippen LogP) is 1.78. The highest BCUT2D eigenvalue weighted by Crippen LogP contribution is 2.25. The molecule has 0 aromatic heterocycles. The van der Waals surface area contributed by atoms with Gasteiger partial charge in [0.1, 0.15) is 5.54 Å². The number of benzene rings is 1. The highest BCUT2D eigenvalue weighted by atomic mass is 32.2. The van der Waals surface area contributed by atoms with Crippen LogP contribution in [0.15, 0.2) is 30.3 Å². The van der Waals surface area contributed by atoms with Gasteiger partial charge in [-0.2, -0.15) is 11.8 Å². The summed E-state index contributed by atoms with van der Waals surface area (Å²) in [5, 5.41) is 0. The zero-order chi connectivity index (χ0) is 14.1. The molecule has 1 aromatic carbocycles. The molecular formula is C14H21NO3S. The molecule has 4 nitrogen and oxygen atoms in total. The average Bonchev–Trinajstić information content (AvgIpc) is 2.46. The van der Waals surface area contributed by atoms with Crippen molar-refractivity contribution in [2.75, 3.05) is 32.3 Å². The molecule has 0 heterocycles. The SMILES string of the molecule is COCCSCCC(N)(C(=O)OC)c1ccccc1. The zero-order valence-electron chi connectivity index (χ0n) is 11.4. The van der Waals surface area contributed by atoms with E-state index >= 15 is 0 Å². The molecule has 0 radical (unpaired) electrons. The molecule has 0 fully saturated rings. The van der Waals surface area contributed by atoms with Crippen LogP contribution >= 0.6 is 11.8 Å². The maximum absolute atomic E-state index is 12.0. The molecule has 19 heavy (non-hydrogen) atoms. The number of methoxy groups -OCH3 is 2. The van der Waals surface area contributed by atoms with Gasteiger partial charge in [0.15, 0.2) is 0 Å². The van der Waals surface area contributed by atoms with Gasteiger partial charge in [0.2, 0.25) is 0 Å². The molecule has 0 amide bonds. The van der Waals surface area contributed by atoms with Gasteiger partial charge >= 0.3 is 5.97 Å². The van der Waals surface area contributed by atoms with Crippen LogP contribution in [0, 0.1) is 0 Å². The first kappa shape index (κ1) is 16.0. The Bertz CT molecular complexity index is 386. The Hall–Kier alpha value is -1.04. The lowest BCUT2D eigenvalue weighted by Crippen LogP contribution is -2.46. The minimum Gasteiger partial charge on any atom is -0.467 e. The molecule has 1 aromatic rings. The predicted molar refractivity (Wildman–Crippen MR) is 78.1 cm³/mol. The summed E-state index contributed by atoms with van der Waals surface area (Å²) in [6, 6.07) is 9.36. The number of rotatable bonds is 8. The molecule has 0 bridgehead atoms. The standard InChI is InChI=1S/C14H21NO3S/c1-17-9-11-19-10-8-14(15,13(16)18-2)12-6-4-3-5-7-12/h3-7H,8-11,15H2,1-2H3. The van der Waals surface area contributed by atoms with Crippen LogP contribution in [0.5, 0.6) is 0 Å². The molecule has 1 atom stereocenters. The third-order valence-corrected chi connectivity index (χ3v) is 3.86. The van der Waals surface area contributed by atoms with Crippen LogP contribution in [-0.2, 0) is 19.8 Å². The lowest BCUT2D eigenvalue weighted by atomic mass is 9.88. The highest BCUT2D eigenvalue weighted by Gasteiger charge is 2.36. The lowest BCUT2D eigenvalue weighted by molar-refractivity contribution is -0.147. The number of carbonyl (C=O) groups is 1. The summed E-state index contributed by atoms with van der Waals surface area (Å²) in [5.74, 6) is 1.28. The van der Waals surface area contributed by atoms with E-state index in [1.54, 1.807) is 18.9 Å². The van der Waals surface area contributed by atoms with Gasteiger partial charge in [-0.1, -0.05) is 30.3 Å². The molecular weight excluding hydrogens is 262 g/mol. The molecule has 0 aliphatic carbocycles. The zero-order valence-corrected chi connectivity index (χ0v) is 12.2. The summed E-state index contributed by atoms with van der Waals surface area (Å²) < 4.78 is 9.83. The van der Waals surface area contributed by atoms with Crippen LogP contribution in [0.3, 0.4) is 0 Å². The Labute approximate surface area is 118 Å². The number of esters is 1. The van der Waals surface area contributed by atoms with Crippen LogP contribution in [0.2, 0.25) is 0 Å². The first-order valence-electron chi connectivity index (χ1n) is 6.14. The van der Waals surface area contributed by atoms with E-state index in [4.69, 9.17) is 15.2 Å². The maximum atomic E-state index is 12.0. The van der Waals surface area contributed by atoms with E-state index in [2.05, 4.69) is 0 Å². The number of ether oxygens (including phenoxy) is 2. The van der Waals surface area contributed by atoms with Crippen molar-refractivity contribution >= 4 is 17.7 Å². The van der Waals surface area contributed by atoms with Crippen molar-refractivity contribution in [3.05, 3.63) is 35.9 Å². The second-order valence-corrected chi connectivity index (χ2v) is 5.41. The van der Waals surface area contributed by atoms with Crippen LogP contribution in [0.4, 0.5) is 0 Å². The van der Waals surface area contributed by atoms with Crippen molar-refractivity contribution in [1.29, 1.82) is 0 Å². The fraction of sp³-hybridized carbons (Fsp3) is 0.500. The van der Waals surface area contributed by atoms with Gasteiger partial charge in [0, 0.05) is 12.9 Å². The van der Waals surface area contributed by atoms with Gasteiger partial charge in [-0.15, -0.1) is 0 Å². The van der Waals surface area contributed by atoms with Gasteiger partial charge in [-0.05, 0) is 17.7 Å². The number of carbonyl (C=O) groups excluding carboxylic acids is 1. The summed E-state index contributed by atoms with van der Waals surface area (Å²) in [7, 11) is 3.04. The summed E-state index contributed by atoms with van der Waals surface area (Å²) in [6.07, 6.45) is 0.540. The van der Waals surface area contributed by atoms with E-state index in [9.17, 15) is 4.79 Å². The molecule has 2 N–H and O–H groups in total. The van der Waals surface area contributed by atoms with Gasteiger partial charge in [0.25, 0.3) is 0 Å². The lowest BCUT2D eigenvalue weighted by Gasteiger charge is -2.26. The smallest absolute Gasteiger partial charge is 0.330 e. The van der Waals surface area contributed by atoms with Gasteiger partial charge in [0.05, 0.1) is 13.7 Å². The van der Waals surface area contributed by atoms with E-state index in [1.165, 1.54) is 7.11 Å². The Morgan fingerprint density at radius 2 is 1.95 bits per heavy atom. The number of thioether (sulfide) groups is 1. The van der Waals surface area contributed by atoms with Gasteiger partial charge in [-0.25, -0.2) is 4.79 Å². The number of hydrogen-bond acceptors (Lipinski definition) is 5. The van der Waals surface area contributed by atoms with Crippen molar-refractivity contribution in [2.45, 2.75) is 12.0 Å².